The van der Waals surface area contributed by atoms with Gasteiger partial charge in [-0.05, 0) is 43.2 Å². The molecule has 4 nitrogen and oxygen atoms in total. The standard InChI is InChI=1S/C20H21NO3S/c1-16-9-11-18(12-10-16)25(22,23)21-14-13-19(20-8-5-15-24-20)17-6-3-2-4-7-17/h2-12,15,19,21H,13-14H2,1H3/t19-/m0/s1. The predicted octanol–water partition coefficient (Wildman–Crippen LogP) is 4.09. The Balaban J connectivity index is 1.71. The van der Waals surface area contributed by atoms with E-state index in [1.54, 1.807) is 30.5 Å². The third kappa shape index (κ3) is 4.38. The first-order chi connectivity index (χ1) is 12.1. The summed E-state index contributed by atoms with van der Waals surface area (Å²) in [4.78, 5) is 0.285. The minimum absolute atomic E-state index is 0.0110. The fraction of sp³-hybridized carbons (Fsp3) is 0.200. The van der Waals surface area contributed by atoms with Crippen molar-refractivity contribution in [2.45, 2.75) is 24.2 Å². The molecule has 0 aliphatic rings. The Morgan fingerprint density at radius 3 is 2.32 bits per heavy atom. The normalized spacial score (nSPS) is 12.8. The molecule has 130 valence electrons. The molecule has 5 heteroatoms. The van der Waals surface area contributed by atoms with Crippen molar-refractivity contribution in [3.05, 3.63) is 89.9 Å². The van der Waals surface area contributed by atoms with Crippen molar-refractivity contribution in [2.75, 3.05) is 6.54 Å². The van der Waals surface area contributed by atoms with Gasteiger partial charge in [-0.15, -0.1) is 0 Å². The monoisotopic (exact) mass is 355 g/mol. The van der Waals surface area contributed by atoms with Gasteiger partial charge in [0.05, 0.1) is 11.2 Å². The zero-order valence-corrected chi connectivity index (χ0v) is 14.9. The Morgan fingerprint density at radius 2 is 1.68 bits per heavy atom. The van der Waals surface area contributed by atoms with E-state index in [-0.39, 0.29) is 10.8 Å². The van der Waals surface area contributed by atoms with Gasteiger partial charge in [-0.3, -0.25) is 0 Å². The summed E-state index contributed by atoms with van der Waals surface area (Å²) in [5.41, 5.74) is 2.13. The van der Waals surface area contributed by atoms with Gasteiger partial charge in [-0.25, -0.2) is 13.1 Å². The van der Waals surface area contributed by atoms with E-state index in [1.165, 1.54) is 0 Å². The quantitative estimate of drug-likeness (QED) is 0.694. The number of sulfonamides is 1. The number of aryl methyl sites for hydroxylation is 1. The van der Waals surface area contributed by atoms with E-state index in [9.17, 15) is 8.42 Å². The third-order valence-electron chi connectivity index (χ3n) is 4.14. The molecule has 0 saturated carbocycles. The number of nitrogens with one attached hydrogen (secondary N) is 1. The van der Waals surface area contributed by atoms with Crippen LogP contribution in [-0.2, 0) is 10.0 Å². The SMILES string of the molecule is Cc1ccc(S(=O)(=O)NCC[C@@H](c2ccccc2)c2ccco2)cc1. The molecule has 0 radical (unpaired) electrons. The Hall–Kier alpha value is -2.37. The van der Waals surface area contributed by atoms with Crippen LogP contribution in [0.1, 0.15) is 29.2 Å². The molecule has 0 spiro atoms. The molecule has 0 aliphatic heterocycles. The van der Waals surface area contributed by atoms with Crippen molar-refractivity contribution in [3.8, 4) is 0 Å². The lowest BCUT2D eigenvalue weighted by Gasteiger charge is -2.16. The van der Waals surface area contributed by atoms with Crippen molar-refractivity contribution in [2.24, 2.45) is 0 Å². The zero-order chi connectivity index (χ0) is 17.7. The lowest BCUT2D eigenvalue weighted by Crippen LogP contribution is -2.26. The fourth-order valence-corrected chi connectivity index (χ4v) is 3.83. The summed E-state index contributed by atoms with van der Waals surface area (Å²) in [6, 6.07) is 20.6. The molecule has 0 bridgehead atoms. The van der Waals surface area contributed by atoms with Crippen LogP contribution in [-0.4, -0.2) is 15.0 Å². The number of hydrogen-bond donors (Lipinski definition) is 1. The van der Waals surface area contributed by atoms with Gasteiger partial charge in [0.15, 0.2) is 0 Å². The van der Waals surface area contributed by atoms with Crippen molar-refractivity contribution in [3.63, 3.8) is 0 Å². The summed E-state index contributed by atoms with van der Waals surface area (Å²) in [5.74, 6) is 0.845. The Bertz CT molecular complexity index is 886. The van der Waals surface area contributed by atoms with Crippen LogP contribution in [0.15, 0.2) is 82.3 Å². The van der Waals surface area contributed by atoms with Gasteiger partial charge in [0.1, 0.15) is 5.76 Å². The number of hydrogen-bond acceptors (Lipinski definition) is 3. The number of benzene rings is 2. The summed E-state index contributed by atoms with van der Waals surface area (Å²) in [6.07, 6.45) is 2.25. The van der Waals surface area contributed by atoms with Gasteiger partial charge in [-0.2, -0.15) is 0 Å². The van der Waals surface area contributed by atoms with Gasteiger partial charge in [0.25, 0.3) is 0 Å². The Labute approximate surface area is 148 Å². The van der Waals surface area contributed by atoms with Gasteiger partial charge >= 0.3 is 0 Å². The molecule has 25 heavy (non-hydrogen) atoms. The highest BCUT2D eigenvalue weighted by molar-refractivity contribution is 7.89. The summed E-state index contributed by atoms with van der Waals surface area (Å²) < 4.78 is 33.1. The molecule has 1 N–H and O–H groups in total. The van der Waals surface area contributed by atoms with E-state index >= 15 is 0 Å². The smallest absolute Gasteiger partial charge is 0.240 e. The highest BCUT2D eigenvalue weighted by Gasteiger charge is 2.19. The molecule has 3 aromatic rings. The second kappa shape index (κ2) is 7.68. The number of furan rings is 1. The lowest BCUT2D eigenvalue weighted by atomic mass is 9.93. The maximum atomic E-state index is 12.4. The first-order valence-corrected chi connectivity index (χ1v) is 9.69. The molecular weight excluding hydrogens is 334 g/mol. The van der Waals surface area contributed by atoms with Crippen LogP contribution in [0.25, 0.3) is 0 Å². The molecule has 0 unspecified atom stereocenters. The summed E-state index contributed by atoms with van der Waals surface area (Å²) in [5, 5.41) is 0. The average Bonchev–Trinajstić information content (AvgIpc) is 3.14. The molecule has 1 atom stereocenters. The van der Waals surface area contributed by atoms with E-state index in [2.05, 4.69) is 4.72 Å². The maximum Gasteiger partial charge on any atom is 0.240 e. The van der Waals surface area contributed by atoms with Crippen LogP contribution in [0, 0.1) is 6.92 Å². The van der Waals surface area contributed by atoms with Crippen molar-refractivity contribution in [1.29, 1.82) is 0 Å². The largest absolute Gasteiger partial charge is 0.469 e. The molecule has 0 amide bonds. The van der Waals surface area contributed by atoms with Crippen LogP contribution in [0.2, 0.25) is 0 Å². The minimum atomic E-state index is -3.50. The highest BCUT2D eigenvalue weighted by atomic mass is 32.2. The van der Waals surface area contributed by atoms with Crippen molar-refractivity contribution < 1.29 is 12.8 Å². The van der Waals surface area contributed by atoms with Gasteiger partial charge in [0.2, 0.25) is 10.0 Å². The molecule has 0 aliphatic carbocycles. The third-order valence-corrected chi connectivity index (χ3v) is 5.62. The van der Waals surface area contributed by atoms with Gasteiger partial charge in [-0.1, -0.05) is 48.0 Å². The second-order valence-corrected chi connectivity index (χ2v) is 7.75. The molecule has 1 heterocycles. The van der Waals surface area contributed by atoms with Gasteiger partial charge < -0.3 is 4.42 Å². The maximum absolute atomic E-state index is 12.4. The second-order valence-electron chi connectivity index (χ2n) is 5.98. The number of rotatable bonds is 7. The van der Waals surface area contributed by atoms with Crippen LogP contribution >= 0.6 is 0 Å². The summed E-state index contributed by atoms with van der Waals surface area (Å²) in [6.45, 7) is 2.26. The molecular formula is C20H21NO3S. The minimum Gasteiger partial charge on any atom is -0.469 e. The topological polar surface area (TPSA) is 59.3 Å². The molecule has 2 aromatic carbocycles. The average molecular weight is 355 g/mol. The van der Waals surface area contributed by atoms with Crippen LogP contribution < -0.4 is 4.72 Å². The van der Waals surface area contributed by atoms with E-state index in [0.717, 1.165) is 16.9 Å². The lowest BCUT2D eigenvalue weighted by molar-refractivity contribution is 0.472. The van der Waals surface area contributed by atoms with Crippen LogP contribution in [0.3, 0.4) is 0 Å². The molecule has 0 saturated heterocycles. The first kappa shape index (κ1) is 17.5. The van der Waals surface area contributed by atoms with Crippen molar-refractivity contribution >= 4 is 10.0 Å². The van der Waals surface area contributed by atoms with Crippen LogP contribution in [0.4, 0.5) is 0 Å². The molecule has 1 aromatic heterocycles. The molecule has 3 rings (SSSR count). The first-order valence-electron chi connectivity index (χ1n) is 8.21. The zero-order valence-electron chi connectivity index (χ0n) is 14.1. The van der Waals surface area contributed by atoms with Crippen molar-refractivity contribution in [1.82, 2.24) is 4.72 Å². The Morgan fingerprint density at radius 1 is 0.960 bits per heavy atom. The summed E-state index contributed by atoms with van der Waals surface area (Å²) >= 11 is 0. The fourth-order valence-electron chi connectivity index (χ4n) is 2.79. The van der Waals surface area contributed by atoms with Gasteiger partial charge in [0, 0.05) is 12.5 Å². The molecule has 0 fully saturated rings. The van der Waals surface area contributed by atoms with E-state index in [1.807, 2.05) is 49.4 Å². The van der Waals surface area contributed by atoms with E-state index < -0.39 is 10.0 Å². The van der Waals surface area contributed by atoms with E-state index in [4.69, 9.17) is 4.42 Å². The summed E-state index contributed by atoms with van der Waals surface area (Å²) in [7, 11) is -3.50. The van der Waals surface area contributed by atoms with Crippen LogP contribution in [0.5, 0.6) is 0 Å². The predicted molar refractivity (Wildman–Crippen MR) is 98.0 cm³/mol. The van der Waals surface area contributed by atoms with E-state index in [0.29, 0.717) is 13.0 Å². The Kier molecular flexibility index (Phi) is 5.36. The highest BCUT2D eigenvalue weighted by Crippen LogP contribution is 2.28.